The maximum atomic E-state index is 5.97. The third-order valence-electron chi connectivity index (χ3n) is 3.20. The Labute approximate surface area is 99.8 Å². The Balaban J connectivity index is 1.85. The molecule has 1 aromatic heterocycles. The van der Waals surface area contributed by atoms with Crippen molar-refractivity contribution in [1.82, 2.24) is 9.97 Å². The SMILES string of the molecule is NC1CCCC1Oc1cnc2ccccc2n1. The first-order valence-corrected chi connectivity index (χ1v) is 5.97. The second kappa shape index (κ2) is 4.30. The van der Waals surface area contributed by atoms with Crippen LogP contribution in [0, 0.1) is 0 Å². The second-order valence-electron chi connectivity index (χ2n) is 4.45. The molecule has 3 rings (SSSR count). The highest BCUT2D eigenvalue weighted by atomic mass is 16.5. The van der Waals surface area contributed by atoms with Crippen molar-refractivity contribution in [2.75, 3.05) is 0 Å². The zero-order chi connectivity index (χ0) is 11.7. The molecule has 88 valence electrons. The number of rotatable bonds is 2. The Hall–Kier alpha value is -1.68. The van der Waals surface area contributed by atoms with E-state index < -0.39 is 0 Å². The summed E-state index contributed by atoms with van der Waals surface area (Å²) in [5, 5.41) is 0. The molecule has 0 amide bonds. The van der Waals surface area contributed by atoms with Gasteiger partial charge in [-0.15, -0.1) is 0 Å². The summed E-state index contributed by atoms with van der Waals surface area (Å²) in [5.74, 6) is 0.575. The van der Waals surface area contributed by atoms with Crippen LogP contribution in [-0.4, -0.2) is 22.1 Å². The zero-order valence-corrected chi connectivity index (χ0v) is 9.54. The average molecular weight is 229 g/mol. The van der Waals surface area contributed by atoms with E-state index in [0.717, 1.165) is 30.3 Å². The van der Waals surface area contributed by atoms with Crippen LogP contribution in [0.1, 0.15) is 19.3 Å². The summed E-state index contributed by atoms with van der Waals surface area (Å²) in [6, 6.07) is 7.90. The minimum absolute atomic E-state index is 0.0884. The van der Waals surface area contributed by atoms with Crippen molar-refractivity contribution in [2.45, 2.75) is 31.4 Å². The number of nitrogens with two attached hydrogens (primary N) is 1. The zero-order valence-electron chi connectivity index (χ0n) is 9.54. The van der Waals surface area contributed by atoms with Gasteiger partial charge in [-0.2, -0.15) is 0 Å². The maximum absolute atomic E-state index is 5.97. The van der Waals surface area contributed by atoms with Gasteiger partial charge in [0.15, 0.2) is 0 Å². The molecule has 1 fully saturated rings. The van der Waals surface area contributed by atoms with Crippen molar-refractivity contribution in [1.29, 1.82) is 0 Å². The van der Waals surface area contributed by atoms with Gasteiger partial charge in [-0.3, -0.25) is 0 Å². The van der Waals surface area contributed by atoms with Gasteiger partial charge in [0, 0.05) is 6.04 Å². The van der Waals surface area contributed by atoms with Gasteiger partial charge in [0.05, 0.1) is 17.2 Å². The molecule has 2 unspecified atom stereocenters. The molecule has 2 aromatic rings. The summed E-state index contributed by atoms with van der Waals surface area (Å²) in [4.78, 5) is 8.75. The molecular formula is C13H15N3O. The van der Waals surface area contributed by atoms with Crippen LogP contribution in [0.4, 0.5) is 0 Å². The maximum Gasteiger partial charge on any atom is 0.233 e. The minimum Gasteiger partial charge on any atom is -0.472 e. The topological polar surface area (TPSA) is 61.0 Å². The smallest absolute Gasteiger partial charge is 0.233 e. The Bertz CT molecular complexity index is 529. The highest BCUT2D eigenvalue weighted by Crippen LogP contribution is 2.22. The van der Waals surface area contributed by atoms with E-state index in [1.165, 1.54) is 0 Å². The highest BCUT2D eigenvalue weighted by molar-refractivity contribution is 5.73. The van der Waals surface area contributed by atoms with E-state index in [2.05, 4.69) is 9.97 Å². The summed E-state index contributed by atoms with van der Waals surface area (Å²) in [7, 11) is 0. The first-order valence-electron chi connectivity index (χ1n) is 5.97. The quantitative estimate of drug-likeness (QED) is 0.854. The van der Waals surface area contributed by atoms with Gasteiger partial charge in [-0.1, -0.05) is 12.1 Å². The molecule has 0 spiro atoms. The van der Waals surface area contributed by atoms with E-state index in [-0.39, 0.29) is 12.1 Å². The summed E-state index contributed by atoms with van der Waals surface area (Å²) in [6.07, 6.45) is 4.94. The third kappa shape index (κ3) is 2.08. The van der Waals surface area contributed by atoms with Gasteiger partial charge >= 0.3 is 0 Å². The van der Waals surface area contributed by atoms with E-state index >= 15 is 0 Å². The first kappa shape index (κ1) is 10.5. The molecule has 1 aliphatic rings. The van der Waals surface area contributed by atoms with Gasteiger partial charge in [0.2, 0.25) is 5.88 Å². The Morgan fingerprint density at radius 2 is 2.00 bits per heavy atom. The van der Waals surface area contributed by atoms with Crippen LogP contribution in [0.25, 0.3) is 11.0 Å². The molecule has 0 radical (unpaired) electrons. The van der Waals surface area contributed by atoms with Crippen LogP contribution < -0.4 is 10.5 Å². The van der Waals surface area contributed by atoms with Crippen molar-refractivity contribution in [2.24, 2.45) is 5.73 Å². The number of ether oxygens (including phenoxy) is 1. The van der Waals surface area contributed by atoms with Crippen LogP contribution in [-0.2, 0) is 0 Å². The van der Waals surface area contributed by atoms with Gasteiger partial charge in [0.25, 0.3) is 0 Å². The second-order valence-corrected chi connectivity index (χ2v) is 4.45. The molecule has 4 nitrogen and oxygen atoms in total. The summed E-state index contributed by atoms with van der Waals surface area (Å²) in [5.41, 5.74) is 7.71. The molecule has 0 bridgehead atoms. The Morgan fingerprint density at radius 3 is 2.76 bits per heavy atom. The van der Waals surface area contributed by atoms with E-state index in [1.807, 2.05) is 24.3 Å². The van der Waals surface area contributed by atoms with Crippen molar-refractivity contribution in [3.63, 3.8) is 0 Å². The molecule has 0 aliphatic heterocycles. The molecule has 2 atom stereocenters. The van der Waals surface area contributed by atoms with Crippen molar-refractivity contribution in [3.8, 4) is 5.88 Å². The standard InChI is InChI=1S/C13H15N3O/c14-9-4-3-7-12(9)17-13-8-15-10-5-1-2-6-11(10)16-13/h1-2,5-6,8-9,12H,3-4,7,14H2. The van der Waals surface area contributed by atoms with Crippen LogP contribution in [0.2, 0.25) is 0 Å². The fourth-order valence-electron chi connectivity index (χ4n) is 2.25. The largest absolute Gasteiger partial charge is 0.472 e. The minimum atomic E-state index is 0.0884. The molecule has 1 heterocycles. The number of fused-ring (bicyclic) bond motifs is 1. The highest BCUT2D eigenvalue weighted by Gasteiger charge is 2.26. The summed E-state index contributed by atoms with van der Waals surface area (Å²) < 4.78 is 5.80. The molecule has 1 aliphatic carbocycles. The van der Waals surface area contributed by atoms with Crippen molar-refractivity contribution >= 4 is 11.0 Å². The van der Waals surface area contributed by atoms with Crippen LogP contribution in [0.5, 0.6) is 5.88 Å². The lowest BCUT2D eigenvalue weighted by atomic mass is 10.2. The van der Waals surface area contributed by atoms with Crippen LogP contribution in [0.15, 0.2) is 30.5 Å². The molecular weight excluding hydrogens is 214 g/mol. The van der Waals surface area contributed by atoms with Crippen LogP contribution >= 0.6 is 0 Å². The molecule has 1 saturated carbocycles. The Kier molecular flexibility index (Phi) is 2.65. The fourth-order valence-corrected chi connectivity index (χ4v) is 2.25. The van der Waals surface area contributed by atoms with E-state index in [4.69, 9.17) is 10.5 Å². The number of hydrogen-bond acceptors (Lipinski definition) is 4. The first-order chi connectivity index (χ1) is 8.33. The van der Waals surface area contributed by atoms with E-state index in [9.17, 15) is 0 Å². The molecule has 1 aromatic carbocycles. The molecule has 0 saturated heterocycles. The van der Waals surface area contributed by atoms with E-state index in [0.29, 0.717) is 5.88 Å². The lowest BCUT2D eigenvalue weighted by Crippen LogP contribution is -2.33. The van der Waals surface area contributed by atoms with Gasteiger partial charge in [-0.05, 0) is 31.4 Å². The lowest BCUT2D eigenvalue weighted by Gasteiger charge is -2.16. The molecule has 17 heavy (non-hydrogen) atoms. The Morgan fingerprint density at radius 1 is 1.18 bits per heavy atom. The lowest BCUT2D eigenvalue weighted by molar-refractivity contribution is 0.184. The summed E-state index contributed by atoms with van der Waals surface area (Å²) >= 11 is 0. The number of benzene rings is 1. The number of para-hydroxylation sites is 2. The van der Waals surface area contributed by atoms with E-state index in [1.54, 1.807) is 6.20 Å². The van der Waals surface area contributed by atoms with Gasteiger partial charge in [-0.25, -0.2) is 9.97 Å². The average Bonchev–Trinajstić information content (AvgIpc) is 2.75. The van der Waals surface area contributed by atoms with Crippen LogP contribution in [0.3, 0.4) is 0 Å². The summed E-state index contributed by atoms with van der Waals surface area (Å²) in [6.45, 7) is 0. The van der Waals surface area contributed by atoms with Gasteiger partial charge in [0.1, 0.15) is 6.10 Å². The molecule has 4 heteroatoms. The van der Waals surface area contributed by atoms with Crippen molar-refractivity contribution < 1.29 is 4.74 Å². The molecule has 2 N–H and O–H groups in total. The number of nitrogens with zero attached hydrogens (tertiary/aromatic N) is 2. The normalized spacial score (nSPS) is 24.1. The predicted octanol–water partition coefficient (Wildman–Crippen LogP) is 1.89. The van der Waals surface area contributed by atoms with Crippen molar-refractivity contribution in [3.05, 3.63) is 30.5 Å². The third-order valence-corrected chi connectivity index (χ3v) is 3.20. The fraction of sp³-hybridized carbons (Fsp3) is 0.385. The monoisotopic (exact) mass is 229 g/mol. The predicted molar refractivity (Wildman–Crippen MR) is 65.8 cm³/mol. The number of aromatic nitrogens is 2. The number of hydrogen-bond donors (Lipinski definition) is 1. The van der Waals surface area contributed by atoms with Gasteiger partial charge < -0.3 is 10.5 Å².